The fraction of sp³-hybridized carbons (Fsp3) is 0.688. The number of morpholine rings is 1. The van der Waals surface area contributed by atoms with E-state index in [1.807, 2.05) is 19.9 Å². The molecule has 1 N–H and O–H groups in total. The van der Waals surface area contributed by atoms with Crippen molar-refractivity contribution in [2.45, 2.75) is 52.0 Å². The highest BCUT2D eigenvalue weighted by Gasteiger charge is 2.29. The van der Waals surface area contributed by atoms with Crippen LogP contribution in [0.25, 0.3) is 0 Å². The lowest BCUT2D eigenvalue weighted by Crippen LogP contribution is -2.47. The maximum atomic E-state index is 10.6. The second kappa shape index (κ2) is 7.20. The molecule has 1 aliphatic heterocycles. The first-order valence-corrected chi connectivity index (χ1v) is 7.62. The number of ether oxygens (including phenoxy) is 2. The van der Waals surface area contributed by atoms with Crippen LogP contribution in [-0.4, -0.2) is 52.9 Å². The Morgan fingerprint density at radius 2 is 2.10 bits per heavy atom. The predicted molar refractivity (Wildman–Crippen MR) is 81.4 cm³/mol. The number of aliphatic hydroxyl groups excluding tert-OH is 1. The van der Waals surface area contributed by atoms with Crippen LogP contribution in [0.5, 0.6) is 5.75 Å². The highest BCUT2D eigenvalue weighted by Crippen LogP contribution is 2.25. The van der Waals surface area contributed by atoms with Crippen LogP contribution in [0.4, 0.5) is 0 Å². The molecule has 0 aromatic carbocycles. The lowest BCUT2D eigenvalue weighted by Gasteiger charge is -2.37. The molecule has 2 heterocycles. The Labute approximate surface area is 126 Å². The summed E-state index contributed by atoms with van der Waals surface area (Å²) < 4.78 is 11.4. The molecule has 2 rings (SSSR count). The van der Waals surface area contributed by atoms with Gasteiger partial charge in [0.05, 0.1) is 18.9 Å². The molecule has 1 fully saturated rings. The van der Waals surface area contributed by atoms with Crippen molar-refractivity contribution in [3.8, 4) is 5.75 Å². The Kier molecular flexibility index (Phi) is 5.56. The number of hydrogen-bond donors (Lipinski definition) is 1. The summed E-state index contributed by atoms with van der Waals surface area (Å²) in [5.41, 5.74) is 0.740. The van der Waals surface area contributed by atoms with Gasteiger partial charge in [0.1, 0.15) is 18.0 Å². The van der Waals surface area contributed by atoms with Gasteiger partial charge in [0.2, 0.25) is 0 Å². The second-order valence-corrected chi connectivity index (χ2v) is 6.06. The standard InChI is InChI=1S/C16H26N2O3/c1-11(2)18-5-6-20-15(10-18)16(19)13-7-14(9-17-8-13)21-12(3)4/h7-9,11-12,15-16,19H,5-6,10H2,1-4H3. The summed E-state index contributed by atoms with van der Waals surface area (Å²) in [5, 5.41) is 10.6. The van der Waals surface area contributed by atoms with Gasteiger partial charge in [0.15, 0.2) is 0 Å². The van der Waals surface area contributed by atoms with E-state index in [4.69, 9.17) is 9.47 Å². The molecule has 1 aromatic heterocycles. The lowest BCUT2D eigenvalue weighted by molar-refractivity contribution is -0.0962. The summed E-state index contributed by atoms with van der Waals surface area (Å²) >= 11 is 0. The topological polar surface area (TPSA) is 54.8 Å². The molecule has 0 saturated carbocycles. The zero-order valence-electron chi connectivity index (χ0n) is 13.3. The van der Waals surface area contributed by atoms with Crippen molar-refractivity contribution in [1.82, 2.24) is 9.88 Å². The SMILES string of the molecule is CC(C)Oc1cncc(C(O)C2CN(C(C)C)CCO2)c1. The highest BCUT2D eigenvalue weighted by molar-refractivity contribution is 5.26. The molecule has 5 nitrogen and oxygen atoms in total. The molecular formula is C16H26N2O3. The molecule has 2 unspecified atom stereocenters. The van der Waals surface area contributed by atoms with E-state index >= 15 is 0 Å². The summed E-state index contributed by atoms with van der Waals surface area (Å²) in [5.74, 6) is 0.679. The van der Waals surface area contributed by atoms with Gasteiger partial charge in [-0.15, -0.1) is 0 Å². The molecule has 0 amide bonds. The summed E-state index contributed by atoms with van der Waals surface area (Å²) in [6.07, 6.45) is 2.52. The molecule has 0 bridgehead atoms. The van der Waals surface area contributed by atoms with Crippen LogP contribution < -0.4 is 4.74 Å². The third-order valence-corrected chi connectivity index (χ3v) is 3.65. The van der Waals surface area contributed by atoms with E-state index in [1.54, 1.807) is 12.4 Å². The van der Waals surface area contributed by atoms with Gasteiger partial charge >= 0.3 is 0 Å². The van der Waals surface area contributed by atoms with E-state index in [-0.39, 0.29) is 12.2 Å². The van der Waals surface area contributed by atoms with E-state index < -0.39 is 6.10 Å². The van der Waals surface area contributed by atoms with Crippen LogP contribution in [0, 0.1) is 0 Å². The lowest BCUT2D eigenvalue weighted by atomic mass is 10.0. The summed E-state index contributed by atoms with van der Waals surface area (Å²) in [7, 11) is 0. The summed E-state index contributed by atoms with van der Waals surface area (Å²) in [6.45, 7) is 10.5. The Bertz CT molecular complexity index is 451. The van der Waals surface area contributed by atoms with Crippen molar-refractivity contribution in [2.24, 2.45) is 0 Å². The molecule has 0 aliphatic carbocycles. The number of nitrogens with zero attached hydrogens (tertiary/aromatic N) is 2. The van der Waals surface area contributed by atoms with Gasteiger partial charge in [-0.05, 0) is 33.8 Å². The van der Waals surface area contributed by atoms with Crippen molar-refractivity contribution in [3.05, 3.63) is 24.0 Å². The van der Waals surface area contributed by atoms with Crippen molar-refractivity contribution < 1.29 is 14.6 Å². The number of hydrogen-bond acceptors (Lipinski definition) is 5. The minimum Gasteiger partial charge on any atom is -0.489 e. The van der Waals surface area contributed by atoms with Crippen LogP contribution in [-0.2, 0) is 4.74 Å². The van der Waals surface area contributed by atoms with Crippen molar-refractivity contribution in [3.63, 3.8) is 0 Å². The number of rotatable bonds is 5. The Morgan fingerprint density at radius 3 is 2.76 bits per heavy atom. The first-order chi connectivity index (χ1) is 9.97. The van der Waals surface area contributed by atoms with Crippen LogP contribution in [0.1, 0.15) is 39.4 Å². The minimum absolute atomic E-state index is 0.0848. The molecule has 21 heavy (non-hydrogen) atoms. The molecule has 0 radical (unpaired) electrons. The third-order valence-electron chi connectivity index (χ3n) is 3.65. The van der Waals surface area contributed by atoms with Crippen LogP contribution in [0.15, 0.2) is 18.5 Å². The van der Waals surface area contributed by atoms with E-state index in [9.17, 15) is 5.11 Å². The monoisotopic (exact) mass is 294 g/mol. The molecular weight excluding hydrogens is 268 g/mol. The number of aliphatic hydroxyl groups is 1. The van der Waals surface area contributed by atoms with Gasteiger partial charge in [0, 0.05) is 30.9 Å². The second-order valence-electron chi connectivity index (χ2n) is 6.06. The molecule has 5 heteroatoms. The van der Waals surface area contributed by atoms with Crippen molar-refractivity contribution >= 4 is 0 Å². The average Bonchev–Trinajstić information content (AvgIpc) is 2.46. The molecule has 1 aliphatic rings. The maximum absolute atomic E-state index is 10.6. The van der Waals surface area contributed by atoms with Crippen LogP contribution in [0.3, 0.4) is 0 Å². The smallest absolute Gasteiger partial charge is 0.138 e. The zero-order chi connectivity index (χ0) is 15.4. The molecule has 1 aromatic rings. The van der Waals surface area contributed by atoms with Crippen molar-refractivity contribution in [2.75, 3.05) is 19.7 Å². The zero-order valence-corrected chi connectivity index (χ0v) is 13.3. The van der Waals surface area contributed by atoms with Gasteiger partial charge in [-0.25, -0.2) is 0 Å². The fourth-order valence-corrected chi connectivity index (χ4v) is 2.51. The predicted octanol–water partition coefficient (Wildman–Crippen LogP) is 2.01. The fourth-order valence-electron chi connectivity index (χ4n) is 2.51. The Balaban J connectivity index is 2.06. The van der Waals surface area contributed by atoms with Gasteiger partial charge < -0.3 is 14.6 Å². The Hall–Kier alpha value is -1.17. The minimum atomic E-state index is -0.685. The Morgan fingerprint density at radius 1 is 1.33 bits per heavy atom. The largest absolute Gasteiger partial charge is 0.489 e. The maximum Gasteiger partial charge on any atom is 0.138 e. The van der Waals surface area contributed by atoms with E-state index in [2.05, 4.69) is 23.7 Å². The number of pyridine rings is 1. The molecule has 1 saturated heterocycles. The van der Waals surface area contributed by atoms with Gasteiger partial charge in [-0.2, -0.15) is 0 Å². The summed E-state index contributed by atoms with van der Waals surface area (Å²) in [6, 6.07) is 2.30. The van der Waals surface area contributed by atoms with Crippen LogP contribution in [0.2, 0.25) is 0 Å². The van der Waals surface area contributed by atoms with E-state index in [0.717, 1.165) is 18.7 Å². The summed E-state index contributed by atoms with van der Waals surface area (Å²) in [4.78, 5) is 6.47. The van der Waals surface area contributed by atoms with Crippen LogP contribution >= 0.6 is 0 Å². The average molecular weight is 294 g/mol. The normalized spacial score (nSPS) is 21.8. The molecule has 0 spiro atoms. The van der Waals surface area contributed by atoms with Crippen molar-refractivity contribution in [1.29, 1.82) is 0 Å². The van der Waals surface area contributed by atoms with E-state index in [0.29, 0.717) is 18.4 Å². The van der Waals surface area contributed by atoms with Gasteiger partial charge in [0.25, 0.3) is 0 Å². The third kappa shape index (κ3) is 4.40. The highest BCUT2D eigenvalue weighted by atomic mass is 16.5. The number of aromatic nitrogens is 1. The van der Waals surface area contributed by atoms with Gasteiger partial charge in [-0.1, -0.05) is 0 Å². The quantitative estimate of drug-likeness (QED) is 0.900. The first kappa shape index (κ1) is 16.2. The van der Waals surface area contributed by atoms with Gasteiger partial charge in [-0.3, -0.25) is 9.88 Å². The molecule has 2 atom stereocenters. The molecule has 118 valence electrons. The van der Waals surface area contributed by atoms with E-state index in [1.165, 1.54) is 0 Å². The first-order valence-electron chi connectivity index (χ1n) is 7.62.